The molecule has 2 aromatic rings. The van der Waals surface area contributed by atoms with Crippen molar-refractivity contribution in [3.05, 3.63) is 51.6 Å². The fraction of sp³-hybridized carbons (Fsp3) is 0.154. The molecule has 0 atom stereocenters. The Labute approximate surface area is 115 Å². The summed E-state index contributed by atoms with van der Waals surface area (Å²) in [6, 6.07) is 8.41. The minimum atomic E-state index is -0.0614. The lowest BCUT2D eigenvalue weighted by Gasteiger charge is -2.08. The van der Waals surface area contributed by atoms with Crippen molar-refractivity contribution in [3.8, 4) is 11.6 Å². The van der Waals surface area contributed by atoms with E-state index in [1.807, 2.05) is 6.92 Å². The lowest BCUT2D eigenvalue weighted by molar-refractivity contribution is 0.281. The molecule has 0 aliphatic rings. The van der Waals surface area contributed by atoms with E-state index in [1.165, 1.54) is 0 Å². The van der Waals surface area contributed by atoms with Crippen LogP contribution in [0.25, 0.3) is 0 Å². The van der Waals surface area contributed by atoms with Crippen molar-refractivity contribution in [1.82, 2.24) is 4.98 Å². The van der Waals surface area contributed by atoms with Crippen LogP contribution in [0, 0.1) is 6.92 Å². The van der Waals surface area contributed by atoms with E-state index in [0.717, 1.165) is 11.3 Å². The maximum absolute atomic E-state index is 9.12. The number of aromatic nitrogens is 1. The molecule has 94 valence electrons. The first kappa shape index (κ1) is 13.1. The second kappa shape index (κ2) is 5.57. The summed E-state index contributed by atoms with van der Waals surface area (Å²) in [6.07, 6.45) is 0. The summed E-state index contributed by atoms with van der Waals surface area (Å²) >= 11 is 11.8. The van der Waals surface area contributed by atoms with Gasteiger partial charge in [0.1, 0.15) is 5.75 Å². The van der Waals surface area contributed by atoms with Crippen LogP contribution in [0.5, 0.6) is 11.6 Å². The summed E-state index contributed by atoms with van der Waals surface area (Å²) in [4.78, 5) is 4.22. The smallest absolute Gasteiger partial charge is 0.219 e. The topological polar surface area (TPSA) is 42.4 Å². The second-order valence-electron chi connectivity index (χ2n) is 3.79. The number of aliphatic hydroxyl groups excluding tert-OH is 1. The third-order valence-electron chi connectivity index (χ3n) is 2.28. The first-order chi connectivity index (χ1) is 8.58. The summed E-state index contributed by atoms with van der Waals surface area (Å²) in [5.41, 5.74) is 1.50. The third-order valence-corrected chi connectivity index (χ3v) is 2.81. The number of aryl methyl sites for hydroxylation is 1. The minimum absolute atomic E-state index is 0.0614. The predicted octanol–water partition coefficient (Wildman–Crippen LogP) is 3.98. The highest BCUT2D eigenvalue weighted by Crippen LogP contribution is 2.31. The van der Waals surface area contributed by atoms with Crippen molar-refractivity contribution in [3.63, 3.8) is 0 Å². The quantitative estimate of drug-likeness (QED) is 0.926. The molecule has 0 radical (unpaired) electrons. The fourth-order valence-corrected chi connectivity index (χ4v) is 1.97. The van der Waals surface area contributed by atoms with E-state index in [9.17, 15) is 0 Å². The summed E-state index contributed by atoms with van der Waals surface area (Å²) < 4.78 is 5.57. The SMILES string of the molecule is Cc1cc(CO)cc(Oc2ccc(Cl)cc2Cl)n1. The molecular weight excluding hydrogens is 273 g/mol. The molecule has 1 heterocycles. The molecule has 0 bridgehead atoms. The largest absolute Gasteiger partial charge is 0.437 e. The zero-order chi connectivity index (χ0) is 13.1. The average molecular weight is 284 g/mol. The number of pyridine rings is 1. The minimum Gasteiger partial charge on any atom is -0.437 e. The van der Waals surface area contributed by atoms with Crippen LogP contribution in [0.4, 0.5) is 0 Å². The highest BCUT2D eigenvalue weighted by Gasteiger charge is 2.06. The summed E-state index contributed by atoms with van der Waals surface area (Å²) in [6.45, 7) is 1.77. The van der Waals surface area contributed by atoms with E-state index in [4.69, 9.17) is 33.0 Å². The van der Waals surface area contributed by atoms with Gasteiger partial charge in [-0.25, -0.2) is 4.98 Å². The van der Waals surface area contributed by atoms with Gasteiger partial charge >= 0.3 is 0 Å². The van der Waals surface area contributed by atoms with E-state index in [0.29, 0.717) is 21.7 Å². The zero-order valence-electron chi connectivity index (χ0n) is 9.65. The van der Waals surface area contributed by atoms with Crippen LogP contribution < -0.4 is 4.74 Å². The van der Waals surface area contributed by atoms with Gasteiger partial charge in [0.25, 0.3) is 0 Å². The third kappa shape index (κ3) is 3.13. The van der Waals surface area contributed by atoms with Crippen LogP contribution in [0.15, 0.2) is 30.3 Å². The number of halogens is 2. The Balaban J connectivity index is 2.30. The monoisotopic (exact) mass is 283 g/mol. The summed E-state index contributed by atoms with van der Waals surface area (Å²) in [7, 11) is 0. The molecule has 5 heteroatoms. The van der Waals surface area contributed by atoms with Gasteiger partial charge in [0.05, 0.1) is 11.6 Å². The molecule has 0 aliphatic carbocycles. The molecule has 0 amide bonds. The van der Waals surface area contributed by atoms with Gasteiger partial charge in [-0.15, -0.1) is 0 Å². The highest BCUT2D eigenvalue weighted by molar-refractivity contribution is 6.35. The van der Waals surface area contributed by atoms with Gasteiger partial charge < -0.3 is 9.84 Å². The zero-order valence-corrected chi connectivity index (χ0v) is 11.2. The molecule has 0 saturated carbocycles. The van der Waals surface area contributed by atoms with E-state index < -0.39 is 0 Å². The Bertz CT molecular complexity index is 573. The Morgan fingerprint density at radius 3 is 2.67 bits per heavy atom. The second-order valence-corrected chi connectivity index (χ2v) is 4.63. The Morgan fingerprint density at radius 1 is 1.22 bits per heavy atom. The number of hydrogen-bond acceptors (Lipinski definition) is 3. The van der Waals surface area contributed by atoms with Crippen LogP contribution in [0.2, 0.25) is 10.0 Å². The molecule has 3 nitrogen and oxygen atoms in total. The summed E-state index contributed by atoms with van der Waals surface area (Å²) in [5.74, 6) is 0.867. The number of ether oxygens (including phenoxy) is 1. The maximum atomic E-state index is 9.12. The van der Waals surface area contributed by atoms with Gasteiger partial charge in [-0.05, 0) is 36.8 Å². The number of hydrogen-bond donors (Lipinski definition) is 1. The van der Waals surface area contributed by atoms with Gasteiger partial charge in [-0.3, -0.25) is 0 Å². The Morgan fingerprint density at radius 2 is 2.00 bits per heavy atom. The molecule has 0 saturated heterocycles. The van der Waals surface area contributed by atoms with Crippen LogP contribution in [-0.4, -0.2) is 10.1 Å². The molecular formula is C13H11Cl2NO2. The van der Waals surface area contributed by atoms with E-state index >= 15 is 0 Å². The fourth-order valence-electron chi connectivity index (χ4n) is 1.52. The molecule has 1 aromatic heterocycles. The van der Waals surface area contributed by atoms with Crippen molar-refractivity contribution < 1.29 is 9.84 Å². The molecule has 0 fully saturated rings. The lowest BCUT2D eigenvalue weighted by Crippen LogP contribution is -1.94. The Hall–Kier alpha value is -1.29. The van der Waals surface area contributed by atoms with Gasteiger partial charge in [-0.1, -0.05) is 23.2 Å². The number of aliphatic hydroxyl groups is 1. The van der Waals surface area contributed by atoms with Gasteiger partial charge in [-0.2, -0.15) is 0 Å². The standard InChI is InChI=1S/C13H11Cl2NO2/c1-8-4-9(7-17)5-13(16-8)18-12-3-2-10(14)6-11(12)15/h2-6,17H,7H2,1H3. The van der Waals surface area contributed by atoms with Crippen molar-refractivity contribution in [1.29, 1.82) is 0 Å². The first-order valence-electron chi connectivity index (χ1n) is 5.30. The van der Waals surface area contributed by atoms with Crippen molar-refractivity contribution in [2.75, 3.05) is 0 Å². The predicted molar refractivity (Wildman–Crippen MR) is 71.4 cm³/mol. The van der Waals surface area contributed by atoms with Crippen LogP contribution in [-0.2, 0) is 6.61 Å². The lowest BCUT2D eigenvalue weighted by atomic mass is 10.2. The van der Waals surface area contributed by atoms with Crippen LogP contribution in [0.3, 0.4) is 0 Å². The molecule has 0 unspecified atom stereocenters. The van der Waals surface area contributed by atoms with Crippen LogP contribution in [0.1, 0.15) is 11.3 Å². The molecule has 1 N–H and O–H groups in total. The van der Waals surface area contributed by atoms with Crippen molar-refractivity contribution in [2.45, 2.75) is 13.5 Å². The highest BCUT2D eigenvalue weighted by atomic mass is 35.5. The maximum Gasteiger partial charge on any atom is 0.219 e. The molecule has 2 rings (SSSR count). The van der Waals surface area contributed by atoms with E-state index in [2.05, 4.69) is 4.98 Å². The Kier molecular flexibility index (Phi) is 4.07. The summed E-state index contributed by atoms with van der Waals surface area (Å²) in [5, 5.41) is 10.1. The van der Waals surface area contributed by atoms with Gasteiger partial charge in [0.2, 0.25) is 5.88 Å². The molecule has 1 aromatic carbocycles. The first-order valence-corrected chi connectivity index (χ1v) is 6.05. The van der Waals surface area contributed by atoms with Gasteiger partial charge in [0, 0.05) is 16.8 Å². The number of nitrogens with zero attached hydrogens (tertiary/aromatic N) is 1. The van der Waals surface area contributed by atoms with Crippen LogP contribution >= 0.6 is 23.2 Å². The normalized spacial score (nSPS) is 10.4. The number of rotatable bonds is 3. The molecule has 0 spiro atoms. The average Bonchev–Trinajstić information content (AvgIpc) is 2.32. The van der Waals surface area contributed by atoms with E-state index in [1.54, 1.807) is 30.3 Å². The molecule has 0 aliphatic heterocycles. The van der Waals surface area contributed by atoms with Gasteiger partial charge in [0.15, 0.2) is 0 Å². The van der Waals surface area contributed by atoms with Crippen molar-refractivity contribution in [2.24, 2.45) is 0 Å². The van der Waals surface area contributed by atoms with Crippen molar-refractivity contribution >= 4 is 23.2 Å². The molecule has 18 heavy (non-hydrogen) atoms. The van der Waals surface area contributed by atoms with E-state index in [-0.39, 0.29) is 6.61 Å². The number of benzene rings is 1.